The van der Waals surface area contributed by atoms with Crippen molar-refractivity contribution in [2.75, 3.05) is 18.0 Å². The van der Waals surface area contributed by atoms with Crippen LogP contribution in [0, 0.1) is 5.92 Å². The van der Waals surface area contributed by atoms with Crippen molar-refractivity contribution in [1.29, 1.82) is 0 Å². The van der Waals surface area contributed by atoms with Crippen molar-refractivity contribution in [2.24, 2.45) is 11.7 Å². The molecule has 0 aliphatic carbocycles. The molecule has 2 N–H and O–H groups in total. The number of hydrogen-bond acceptors (Lipinski definition) is 3. The number of primary amides is 1. The van der Waals surface area contributed by atoms with Gasteiger partial charge in [-0.05, 0) is 30.9 Å². The third-order valence-corrected chi connectivity index (χ3v) is 3.41. The lowest BCUT2D eigenvalue weighted by atomic mass is 9.94. The van der Waals surface area contributed by atoms with Gasteiger partial charge in [0.25, 0.3) is 0 Å². The van der Waals surface area contributed by atoms with Crippen molar-refractivity contribution >= 4 is 11.7 Å². The minimum absolute atomic E-state index is 0.144. The molecule has 2 heterocycles. The van der Waals surface area contributed by atoms with Gasteiger partial charge in [0.05, 0.1) is 5.56 Å². The van der Waals surface area contributed by atoms with Gasteiger partial charge in [0.15, 0.2) is 0 Å². The smallest absolute Gasteiger partial charge is 0.370 e. The number of carbonyl (C=O) groups is 1. The van der Waals surface area contributed by atoms with E-state index < -0.39 is 11.7 Å². The summed E-state index contributed by atoms with van der Waals surface area (Å²) in [4.78, 5) is 16.7. The van der Waals surface area contributed by atoms with Gasteiger partial charge in [0, 0.05) is 25.7 Å². The maximum atomic E-state index is 12.5. The Morgan fingerprint density at radius 1 is 1.45 bits per heavy atom. The molecular weight excluding hydrogens is 271 g/mol. The van der Waals surface area contributed by atoms with E-state index in [0.717, 1.165) is 31.6 Å². The molecule has 1 aliphatic rings. The summed E-state index contributed by atoms with van der Waals surface area (Å²) in [5.74, 6) is 0.301. The Balaban J connectivity index is 2.05. The van der Waals surface area contributed by atoms with Crippen molar-refractivity contribution in [3.05, 3.63) is 23.9 Å². The van der Waals surface area contributed by atoms with Crippen LogP contribution in [0.3, 0.4) is 0 Å². The predicted octanol–water partition coefficient (Wildman–Crippen LogP) is 2.19. The number of alkyl halides is 3. The summed E-state index contributed by atoms with van der Waals surface area (Å²) in [7, 11) is 0. The van der Waals surface area contributed by atoms with Gasteiger partial charge in [-0.2, -0.15) is 13.2 Å². The summed E-state index contributed by atoms with van der Waals surface area (Å²) < 4.78 is 37.4. The molecule has 0 bridgehead atoms. The van der Waals surface area contributed by atoms with E-state index in [1.165, 1.54) is 6.07 Å². The molecule has 1 aromatic rings. The second kappa shape index (κ2) is 5.68. The molecule has 7 heteroatoms. The van der Waals surface area contributed by atoms with Crippen LogP contribution >= 0.6 is 0 Å². The molecule has 1 atom stereocenters. The number of pyridine rings is 1. The summed E-state index contributed by atoms with van der Waals surface area (Å²) in [5, 5.41) is 0. The number of anilines is 1. The van der Waals surface area contributed by atoms with Gasteiger partial charge in [-0.3, -0.25) is 4.79 Å². The SMILES string of the molecule is NC(=O)CC1CCCN(c2ccc(C(F)(F)F)cn2)C1. The van der Waals surface area contributed by atoms with E-state index in [4.69, 9.17) is 5.73 Å². The number of halogens is 3. The fourth-order valence-electron chi connectivity index (χ4n) is 2.47. The molecule has 110 valence electrons. The quantitative estimate of drug-likeness (QED) is 0.927. The Hall–Kier alpha value is -1.79. The molecule has 2 rings (SSSR count). The van der Waals surface area contributed by atoms with Crippen LogP contribution < -0.4 is 10.6 Å². The van der Waals surface area contributed by atoms with Crippen LogP contribution in [0.25, 0.3) is 0 Å². The van der Waals surface area contributed by atoms with Crippen LogP contribution in [0.2, 0.25) is 0 Å². The number of piperidine rings is 1. The van der Waals surface area contributed by atoms with E-state index in [0.29, 0.717) is 18.8 Å². The Labute approximate surface area is 114 Å². The van der Waals surface area contributed by atoms with E-state index in [1.54, 1.807) is 0 Å². The normalized spacial score (nSPS) is 19.9. The molecule has 1 aromatic heterocycles. The minimum Gasteiger partial charge on any atom is -0.370 e. The second-order valence-corrected chi connectivity index (χ2v) is 5.03. The molecule has 1 fully saturated rings. The van der Waals surface area contributed by atoms with Crippen molar-refractivity contribution in [3.8, 4) is 0 Å². The summed E-state index contributed by atoms with van der Waals surface area (Å²) in [6.07, 6.45) is -1.45. The zero-order valence-corrected chi connectivity index (χ0v) is 10.9. The van der Waals surface area contributed by atoms with Crippen molar-refractivity contribution < 1.29 is 18.0 Å². The average Bonchev–Trinajstić information content (AvgIpc) is 2.37. The standard InChI is InChI=1S/C13H16F3N3O/c14-13(15,16)10-3-4-12(18-7-10)19-5-1-2-9(8-19)6-11(17)20/h3-4,7,9H,1-2,5-6,8H2,(H2,17,20). The maximum absolute atomic E-state index is 12.5. The highest BCUT2D eigenvalue weighted by Gasteiger charge is 2.31. The Kier molecular flexibility index (Phi) is 4.15. The van der Waals surface area contributed by atoms with Crippen molar-refractivity contribution in [1.82, 2.24) is 4.98 Å². The van der Waals surface area contributed by atoms with Gasteiger partial charge in [-0.15, -0.1) is 0 Å². The van der Waals surface area contributed by atoms with Crippen LogP contribution in [-0.4, -0.2) is 24.0 Å². The van der Waals surface area contributed by atoms with Crippen molar-refractivity contribution in [3.63, 3.8) is 0 Å². The molecule has 0 radical (unpaired) electrons. The Bertz CT molecular complexity index is 473. The molecule has 0 saturated carbocycles. The fraction of sp³-hybridized carbons (Fsp3) is 0.538. The van der Waals surface area contributed by atoms with Crippen LogP contribution in [0.15, 0.2) is 18.3 Å². The number of aromatic nitrogens is 1. The molecule has 1 saturated heterocycles. The molecule has 0 spiro atoms. The van der Waals surface area contributed by atoms with Crippen LogP contribution in [0.4, 0.5) is 19.0 Å². The molecule has 20 heavy (non-hydrogen) atoms. The van der Waals surface area contributed by atoms with E-state index in [-0.39, 0.29) is 11.8 Å². The van der Waals surface area contributed by atoms with E-state index >= 15 is 0 Å². The fourth-order valence-corrected chi connectivity index (χ4v) is 2.47. The predicted molar refractivity (Wildman–Crippen MR) is 68.0 cm³/mol. The number of amides is 1. The Morgan fingerprint density at radius 3 is 2.75 bits per heavy atom. The summed E-state index contributed by atoms with van der Waals surface area (Å²) in [6.45, 7) is 1.33. The first-order valence-electron chi connectivity index (χ1n) is 6.43. The van der Waals surface area contributed by atoms with Crippen LogP contribution in [0.5, 0.6) is 0 Å². The van der Waals surface area contributed by atoms with Crippen LogP contribution in [0.1, 0.15) is 24.8 Å². The minimum atomic E-state index is -4.37. The lowest BCUT2D eigenvalue weighted by molar-refractivity contribution is -0.137. The highest BCUT2D eigenvalue weighted by atomic mass is 19.4. The third-order valence-electron chi connectivity index (χ3n) is 3.41. The Morgan fingerprint density at radius 2 is 2.20 bits per heavy atom. The highest BCUT2D eigenvalue weighted by molar-refractivity contribution is 5.74. The van der Waals surface area contributed by atoms with Gasteiger partial charge in [0.1, 0.15) is 5.82 Å². The highest BCUT2D eigenvalue weighted by Crippen LogP contribution is 2.30. The summed E-state index contributed by atoms with van der Waals surface area (Å²) in [6, 6.07) is 2.40. The van der Waals surface area contributed by atoms with Gasteiger partial charge < -0.3 is 10.6 Å². The molecule has 4 nitrogen and oxygen atoms in total. The molecule has 1 unspecified atom stereocenters. The molecule has 1 amide bonds. The van der Waals surface area contributed by atoms with Crippen LogP contribution in [-0.2, 0) is 11.0 Å². The lowest BCUT2D eigenvalue weighted by Gasteiger charge is -2.33. The summed E-state index contributed by atoms with van der Waals surface area (Å²) >= 11 is 0. The maximum Gasteiger partial charge on any atom is 0.417 e. The number of nitrogens with two attached hydrogens (primary N) is 1. The van der Waals surface area contributed by atoms with E-state index in [1.807, 2.05) is 4.90 Å². The zero-order chi connectivity index (χ0) is 14.8. The second-order valence-electron chi connectivity index (χ2n) is 5.03. The first-order chi connectivity index (χ1) is 9.36. The van der Waals surface area contributed by atoms with Gasteiger partial charge in [0.2, 0.25) is 5.91 Å². The molecular formula is C13H16F3N3O. The third kappa shape index (κ3) is 3.61. The number of rotatable bonds is 3. The first kappa shape index (κ1) is 14.6. The van der Waals surface area contributed by atoms with Crippen molar-refractivity contribution in [2.45, 2.75) is 25.4 Å². The monoisotopic (exact) mass is 287 g/mol. The zero-order valence-electron chi connectivity index (χ0n) is 10.9. The van der Waals surface area contributed by atoms with Gasteiger partial charge in [-0.1, -0.05) is 0 Å². The number of hydrogen-bond donors (Lipinski definition) is 1. The van der Waals surface area contributed by atoms with Gasteiger partial charge in [-0.25, -0.2) is 4.98 Å². The van der Waals surface area contributed by atoms with Gasteiger partial charge >= 0.3 is 6.18 Å². The summed E-state index contributed by atoms with van der Waals surface area (Å²) in [5.41, 5.74) is 4.42. The number of nitrogens with zero attached hydrogens (tertiary/aromatic N) is 2. The molecule has 0 aromatic carbocycles. The lowest BCUT2D eigenvalue weighted by Crippen LogP contribution is -2.37. The van der Waals surface area contributed by atoms with E-state index in [9.17, 15) is 18.0 Å². The average molecular weight is 287 g/mol. The largest absolute Gasteiger partial charge is 0.417 e. The molecule has 1 aliphatic heterocycles. The topological polar surface area (TPSA) is 59.2 Å². The first-order valence-corrected chi connectivity index (χ1v) is 6.43. The number of carbonyl (C=O) groups excluding carboxylic acids is 1. The van der Waals surface area contributed by atoms with E-state index in [2.05, 4.69) is 4.98 Å².